The van der Waals surface area contributed by atoms with Crippen LogP contribution in [0.1, 0.15) is 21.5 Å². The van der Waals surface area contributed by atoms with Crippen molar-refractivity contribution < 1.29 is 13.2 Å². The number of rotatable bonds is 5. The Balaban J connectivity index is 1.41. The zero-order valence-electron chi connectivity index (χ0n) is 18.4. The van der Waals surface area contributed by atoms with Crippen molar-refractivity contribution in [3.8, 4) is 0 Å². The van der Waals surface area contributed by atoms with E-state index in [2.05, 4.69) is 11.6 Å². The molecule has 0 spiro atoms. The number of sulfonamides is 1. The normalized spacial score (nSPS) is 14.8. The second kappa shape index (κ2) is 9.13. The highest BCUT2D eigenvalue weighted by molar-refractivity contribution is 7.89. The quantitative estimate of drug-likeness (QED) is 0.391. The lowest BCUT2D eigenvalue weighted by molar-refractivity contribution is 0.0997. The smallest absolute Gasteiger partial charge is 0.279 e. The summed E-state index contributed by atoms with van der Waals surface area (Å²) in [6.45, 7) is 5.12. The molecule has 0 unspecified atom stereocenters. The molecule has 34 heavy (non-hydrogen) atoms. The van der Waals surface area contributed by atoms with E-state index in [-0.39, 0.29) is 4.90 Å². The van der Waals surface area contributed by atoms with E-state index in [1.807, 2.05) is 53.1 Å². The number of allylic oxidation sites excluding steroid dienone is 1. The average molecular weight is 490 g/mol. The summed E-state index contributed by atoms with van der Waals surface area (Å²) in [5, 5.41) is 0. The monoisotopic (exact) mass is 489 g/mol. The molecular formula is C26H23N3O3S2. The van der Waals surface area contributed by atoms with Crippen molar-refractivity contribution in [2.75, 3.05) is 6.54 Å². The van der Waals surface area contributed by atoms with E-state index < -0.39 is 15.9 Å². The van der Waals surface area contributed by atoms with E-state index in [1.54, 1.807) is 6.08 Å². The molecule has 0 saturated carbocycles. The van der Waals surface area contributed by atoms with Gasteiger partial charge in [-0.05, 0) is 53.9 Å². The largest absolute Gasteiger partial charge is 0.312 e. The van der Waals surface area contributed by atoms with Gasteiger partial charge in [-0.25, -0.2) is 8.42 Å². The van der Waals surface area contributed by atoms with E-state index in [0.717, 1.165) is 15.8 Å². The highest BCUT2D eigenvalue weighted by atomic mass is 32.2. The standard InChI is InChI=1S/C26H23N3O3S2/c1-2-16-29-23-9-5-6-10-24(23)33-26(29)27-25(30)20-11-13-22(14-12-20)34(31,32)28-17-15-19-7-3-4-8-21(19)18-28/h2-14H,1,15-18H2. The number of benzene rings is 3. The van der Waals surface area contributed by atoms with Crippen molar-refractivity contribution in [2.45, 2.75) is 24.4 Å². The summed E-state index contributed by atoms with van der Waals surface area (Å²) in [5.41, 5.74) is 3.54. The minimum atomic E-state index is -3.66. The summed E-state index contributed by atoms with van der Waals surface area (Å²) in [6.07, 6.45) is 2.45. The maximum absolute atomic E-state index is 13.2. The first-order valence-electron chi connectivity index (χ1n) is 10.9. The number of fused-ring (bicyclic) bond motifs is 2. The Kier molecular flexibility index (Phi) is 6.03. The number of amides is 1. The molecule has 172 valence electrons. The van der Waals surface area contributed by atoms with Gasteiger partial charge in [0.1, 0.15) is 0 Å². The summed E-state index contributed by atoms with van der Waals surface area (Å²) >= 11 is 1.43. The first-order chi connectivity index (χ1) is 16.5. The van der Waals surface area contributed by atoms with E-state index >= 15 is 0 Å². The van der Waals surface area contributed by atoms with Crippen molar-refractivity contribution in [3.05, 3.63) is 107 Å². The Hall–Kier alpha value is -3.33. The van der Waals surface area contributed by atoms with Crippen molar-refractivity contribution in [1.82, 2.24) is 8.87 Å². The number of thiazole rings is 1. The number of para-hydroxylation sites is 1. The van der Waals surface area contributed by atoms with Crippen molar-refractivity contribution in [1.29, 1.82) is 0 Å². The molecular weight excluding hydrogens is 466 g/mol. The SMILES string of the molecule is C=CCn1c(=NC(=O)c2ccc(S(=O)(=O)N3CCc4ccccc4C3)cc2)sc2ccccc21. The topological polar surface area (TPSA) is 71.7 Å². The highest BCUT2D eigenvalue weighted by Crippen LogP contribution is 2.25. The third-order valence-electron chi connectivity index (χ3n) is 5.93. The Morgan fingerprint density at radius 3 is 2.47 bits per heavy atom. The van der Waals surface area contributed by atoms with E-state index in [1.165, 1.54) is 45.5 Å². The first-order valence-corrected chi connectivity index (χ1v) is 13.2. The van der Waals surface area contributed by atoms with Crippen molar-refractivity contribution in [2.24, 2.45) is 4.99 Å². The number of hydrogen-bond acceptors (Lipinski definition) is 4. The summed E-state index contributed by atoms with van der Waals surface area (Å²) in [7, 11) is -3.66. The fraction of sp³-hybridized carbons (Fsp3) is 0.154. The predicted molar refractivity (Wildman–Crippen MR) is 134 cm³/mol. The van der Waals surface area contributed by atoms with Gasteiger partial charge >= 0.3 is 0 Å². The number of hydrogen-bond donors (Lipinski definition) is 0. The second-order valence-electron chi connectivity index (χ2n) is 8.05. The van der Waals surface area contributed by atoms with Crippen LogP contribution in [-0.4, -0.2) is 29.7 Å². The fourth-order valence-electron chi connectivity index (χ4n) is 4.16. The van der Waals surface area contributed by atoms with Crippen molar-refractivity contribution >= 4 is 37.5 Å². The molecule has 1 aromatic heterocycles. The molecule has 1 aliphatic rings. The molecule has 1 aliphatic heterocycles. The van der Waals surface area contributed by atoms with Crippen LogP contribution in [-0.2, 0) is 29.5 Å². The third-order valence-corrected chi connectivity index (χ3v) is 8.85. The molecule has 0 aliphatic carbocycles. The molecule has 6 nitrogen and oxygen atoms in total. The minimum absolute atomic E-state index is 0.173. The number of aromatic nitrogens is 1. The molecule has 0 fully saturated rings. The molecule has 0 saturated heterocycles. The lowest BCUT2D eigenvalue weighted by Crippen LogP contribution is -2.35. The van der Waals surface area contributed by atoms with Crippen LogP contribution in [0.15, 0.2) is 95.3 Å². The Morgan fingerprint density at radius 1 is 1.00 bits per heavy atom. The summed E-state index contributed by atoms with van der Waals surface area (Å²) in [6, 6.07) is 21.8. The van der Waals surface area contributed by atoms with Crippen LogP contribution in [0, 0.1) is 0 Å². The van der Waals surface area contributed by atoms with Gasteiger partial charge < -0.3 is 4.57 Å². The zero-order valence-corrected chi connectivity index (χ0v) is 20.1. The molecule has 0 atom stereocenters. The van der Waals surface area contributed by atoms with Gasteiger partial charge in [0.15, 0.2) is 4.80 Å². The lowest BCUT2D eigenvalue weighted by atomic mass is 10.0. The number of carbonyl (C=O) groups is 1. The second-order valence-corrected chi connectivity index (χ2v) is 11.0. The van der Waals surface area contributed by atoms with Gasteiger partial charge in [-0.1, -0.05) is 53.8 Å². The van der Waals surface area contributed by atoms with Crippen LogP contribution in [0.2, 0.25) is 0 Å². The van der Waals surface area contributed by atoms with Crippen LogP contribution >= 0.6 is 11.3 Å². The number of nitrogens with zero attached hydrogens (tertiary/aromatic N) is 3. The van der Waals surface area contributed by atoms with Gasteiger partial charge in [0.2, 0.25) is 10.0 Å². The molecule has 2 heterocycles. The maximum Gasteiger partial charge on any atom is 0.279 e. The van der Waals surface area contributed by atoms with Crippen molar-refractivity contribution in [3.63, 3.8) is 0 Å². The Labute approximate surface area is 202 Å². The zero-order chi connectivity index (χ0) is 23.7. The fourth-order valence-corrected chi connectivity index (χ4v) is 6.61. The molecule has 0 N–H and O–H groups in total. The third kappa shape index (κ3) is 4.16. The molecule has 5 rings (SSSR count). The summed E-state index contributed by atoms with van der Waals surface area (Å²) in [5.74, 6) is -0.416. The molecule has 0 radical (unpaired) electrons. The van der Waals surface area contributed by atoms with Gasteiger partial charge in [-0.15, -0.1) is 6.58 Å². The molecule has 3 aromatic carbocycles. The van der Waals surface area contributed by atoms with E-state index in [0.29, 0.717) is 36.4 Å². The van der Waals surface area contributed by atoms with E-state index in [4.69, 9.17) is 0 Å². The van der Waals surface area contributed by atoms with Gasteiger partial charge in [0, 0.05) is 25.2 Å². The van der Waals surface area contributed by atoms with Crippen LogP contribution in [0.5, 0.6) is 0 Å². The van der Waals surface area contributed by atoms with Crippen LogP contribution in [0.4, 0.5) is 0 Å². The van der Waals surface area contributed by atoms with E-state index in [9.17, 15) is 13.2 Å². The van der Waals surface area contributed by atoms with Crippen LogP contribution in [0.3, 0.4) is 0 Å². The highest BCUT2D eigenvalue weighted by Gasteiger charge is 2.28. The Morgan fingerprint density at radius 2 is 1.71 bits per heavy atom. The van der Waals surface area contributed by atoms with Gasteiger partial charge in [0.25, 0.3) is 5.91 Å². The maximum atomic E-state index is 13.2. The number of carbonyl (C=O) groups excluding carboxylic acids is 1. The average Bonchev–Trinajstić information content (AvgIpc) is 3.21. The minimum Gasteiger partial charge on any atom is -0.312 e. The first kappa shape index (κ1) is 22.5. The van der Waals surface area contributed by atoms with Gasteiger partial charge in [0.05, 0.1) is 15.1 Å². The Bertz CT molecular complexity index is 1560. The summed E-state index contributed by atoms with van der Waals surface area (Å²) < 4.78 is 30.8. The molecule has 8 heteroatoms. The summed E-state index contributed by atoms with van der Waals surface area (Å²) in [4.78, 5) is 18.0. The lowest BCUT2D eigenvalue weighted by Gasteiger charge is -2.28. The van der Waals surface area contributed by atoms with Crippen LogP contribution in [0.25, 0.3) is 10.2 Å². The van der Waals surface area contributed by atoms with Gasteiger partial charge in [-0.3, -0.25) is 4.79 Å². The molecule has 0 bridgehead atoms. The molecule has 1 amide bonds. The predicted octanol–water partition coefficient (Wildman–Crippen LogP) is 4.38. The molecule has 4 aromatic rings. The van der Waals surface area contributed by atoms with Crippen LogP contribution < -0.4 is 4.80 Å². The van der Waals surface area contributed by atoms with Gasteiger partial charge in [-0.2, -0.15) is 9.30 Å².